The van der Waals surface area contributed by atoms with Crippen molar-refractivity contribution in [3.8, 4) is 0 Å². The Balaban J connectivity index is 2.83. The summed E-state index contributed by atoms with van der Waals surface area (Å²) in [4.78, 5) is 12.8. The molecule has 1 atom stereocenters. The monoisotopic (exact) mass is 275 g/mol. The fourth-order valence-electron chi connectivity index (χ4n) is 1.72. The minimum absolute atomic E-state index is 0.462. The molecule has 0 heterocycles. The van der Waals surface area contributed by atoms with Gasteiger partial charge in [-0.3, -0.25) is 9.69 Å². The zero-order chi connectivity index (χ0) is 13.0. The van der Waals surface area contributed by atoms with Crippen molar-refractivity contribution in [2.24, 2.45) is 0 Å². The van der Waals surface area contributed by atoms with Gasteiger partial charge in [0.2, 0.25) is 0 Å². The first-order valence-corrected chi connectivity index (χ1v) is 6.08. The number of nitrogens with zero attached hydrogens (tertiary/aromatic N) is 1. The molecule has 0 fully saturated rings. The van der Waals surface area contributed by atoms with E-state index < -0.39 is 12.0 Å². The average molecular weight is 276 g/mol. The van der Waals surface area contributed by atoms with Gasteiger partial charge in [-0.25, -0.2) is 0 Å². The number of carboxylic acids is 1. The lowest BCUT2D eigenvalue weighted by Gasteiger charge is -2.24. The van der Waals surface area contributed by atoms with E-state index in [-0.39, 0.29) is 0 Å². The molecule has 0 aliphatic carbocycles. The highest BCUT2D eigenvalue weighted by Crippen LogP contribution is 2.26. The van der Waals surface area contributed by atoms with Gasteiger partial charge in [-0.05, 0) is 25.1 Å². The maximum absolute atomic E-state index is 11.0. The van der Waals surface area contributed by atoms with E-state index in [2.05, 4.69) is 0 Å². The second-order valence-corrected chi connectivity index (χ2v) is 4.68. The van der Waals surface area contributed by atoms with Gasteiger partial charge in [0.05, 0.1) is 10.0 Å². The van der Waals surface area contributed by atoms with Crippen molar-refractivity contribution < 1.29 is 9.90 Å². The average Bonchev–Trinajstić information content (AvgIpc) is 2.25. The number of hydrogen-bond donors (Lipinski definition) is 1. The topological polar surface area (TPSA) is 40.5 Å². The number of aliphatic carboxylic acids is 1. The molecule has 0 radical (unpaired) electrons. The van der Waals surface area contributed by atoms with Crippen LogP contribution in [0.5, 0.6) is 0 Å². The lowest BCUT2D eigenvalue weighted by molar-refractivity contribution is -0.143. The first-order valence-electron chi connectivity index (χ1n) is 5.33. The second kappa shape index (κ2) is 6.24. The Morgan fingerprint density at radius 2 is 2.12 bits per heavy atom. The quantitative estimate of drug-likeness (QED) is 0.897. The summed E-state index contributed by atoms with van der Waals surface area (Å²) < 4.78 is 0. The van der Waals surface area contributed by atoms with Crippen LogP contribution in [0.15, 0.2) is 18.2 Å². The number of carboxylic acid groups (broad SMARTS) is 1. The molecular weight excluding hydrogens is 261 g/mol. The van der Waals surface area contributed by atoms with E-state index in [1.54, 1.807) is 24.1 Å². The lowest BCUT2D eigenvalue weighted by atomic mass is 10.1. The van der Waals surface area contributed by atoms with Crippen molar-refractivity contribution in [3.63, 3.8) is 0 Å². The van der Waals surface area contributed by atoms with Crippen LogP contribution in [0.3, 0.4) is 0 Å². The first kappa shape index (κ1) is 14.3. The number of carbonyl (C=O) groups is 1. The van der Waals surface area contributed by atoms with Crippen LogP contribution in [0.1, 0.15) is 18.9 Å². The Hall–Kier alpha value is -0.770. The minimum Gasteiger partial charge on any atom is -0.480 e. The molecule has 1 aromatic rings. The highest BCUT2D eigenvalue weighted by molar-refractivity contribution is 6.42. The van der Waals surface area contributed by atoms with Crippen molar-refractivity contribution >= 4 is 29.2 Å². The van der Waals surface area contributed by atoms with E-state index >= 15 is 0 Å². The summed E-state index contributed by atoms with van der Waals surface area (Å²) in [5.41, 5.74) is 0.835. The van der Waals surface area contributed by atoms with Gasteiger partial charge in [-0.15, -0.1) is 0 Å². The molecule has 0 saturated heterocycles. The number of halogens is 2. The van der Waals surface area contributed by atoms with Crippen molar-refractivity contribution in [2.75, 3.05) is 7.05 Å². The first-order chi connectivity index (χ1) is 7.97. The van der Waals surface area contributed by atoms with Crippen molar-refractivity contribution in [2.45, 2.75) is 25.9 Å². The fourth-order valence-corrected chi connectivity index (χ4v) is 2.10. The summed E-state index contributed by atoms with van der Waals surface area (Å²) in [5, 5.41) is 10.0. The van der Waals surface area contributed by atoms with Gasteiger partial charge < -0.3 is 5.11 Å². The summed E-state index contributed by atoms with van der Waals surface area (Å²) >= 11 is 12.0. The minimum atomic E-state index is -0.826. The van der Waals surface area contributed by atoms with E-state index in [0.29, 0.717) is 23.0 Å². The number of hydrogen-bond acceptors (Lipinski definition) is 2. The summed E-state index contributed by atoms with van der Waals surface area (Å²) in [6.07, 6.45) is 0.546. The maximum Gasteiger partial charge on any atom is 0.320 e. The molecule has 3 nitrogen and oxygen atoms in total. The molecule has 0 aromatic heterocycles. The Kier molecular flexibility index (Phi) is 5.25. The third-order valence-electron chi connectivity index (χ3n) is 2.66. The maximum atomic E-state index is 11.0. The molecule has 1 aromatic carbocycles. The van der Waals surface area contributed by atoms with Gasteiger partial charge in [0, 0.05) is 6.54 Å². The molecule has 1 N–H and O–H groups in total. The Labute approximate surface area is 111 Å². The van der Waals surface area contributed by atoms with Crippen molar-refractivity contribution in [3.05, 3.63) is 33.8 Å². The largest absolute Gasteiger partial charge is 0.480 e. The summed E-state index contributed by atoms with van der Waals surface area (Å²) in [7, 11) is 1.76. The standard InChI is InChI=1S/C12H15Cl2NO2/c1-3-10(12(16)17)15(2)7-8-5-4-6-9(13)11(8)14/h4-6,10H,3,7H2,1-2H3,(H,16,17). The zero-order valence-corrected chi connectivity index (χ0v) is 11.3. The van der Waals surface area contributed by atoms with Crippen LogP contribution < -0.4 is 0 Å². The normalized spacial score (nSPS) is 12.8. The van der Waals surface area contributed by atoms with Crippen LogP contribution in [0.4, 0.5) is 0 Å². The van der Waals surface area contributed by atoms with Gasteiger partial charge in [0.25, 0.3) is 0 Å². The highest BCUT2D eigenvalue weighted by atomic mass is 35.5. The zero-order valence-electron chi connectivity index (χ0n) is 9.78. The predicted octanol–water partition coefficient (Wildman–Crippen LogP) is 3.29. The van der Waals surface area contributed by atoms with Crippen molar-refractivity contribution in [1.82, 2.24) is 4.90 Å². The molecular formula is C12H15Cl2NO2. The van der Waals surface area contributed by atoms with Crippen LogP contribution in [0.2, 0.25) is 10.0 Å². The van der Waals surface area contributed by atoms with Crippen LogP contribution in [0, 0.1) is 0 Å². The number of likely N-dealkylation sites (N-methyl/N-ethyl adjacent to an activating group) is 1. The lowest BCUT2D eigenvalue weighted by Crippen LogP contribution is -2.37. The SMILES string of the molecule is CCC(C(=O)O)N(C)Cc1cccc(Cl)c1Cl. The van der Waals surface area contributed by atoms with E-state index in [4.69, 9.17) is 28.3 Å². The summed E-state index contributed by atoms with van der Waals surface area (Å²) in [6.45, 7) is 2.30. The predicted molar refractivity (Wildman–Crippen MR) is 69.6 cm³/mol. The molecule has 0 bridgehead atoms. The molecule has 0 saturated carbocycles. The molecule has 1 rings (SSSR count). The Bertz CT molecular complexity index is 409. The van der Waals surface area contributed by atoms with Gasteiger partial charge in [0.15, 0.2) is 0 Å². The van der Waals surface area contributed by atoms with E-state index in [1.807, 2.05) is 13.0 Å². The Morgan fingerprint density at radius 1 is 1.47 bits per heavy atom. The molecule has 94 valence electrons. The number of rotatable bonds is 5. The third kappa shape index (κ3) is 3.60. The third-order valence-corrected chi connectivity index (χ3v) is 3.51. The van der Waals surface area contributed by atoms with E-state index in [1.165, 1.54) is 0 Å². The Morgan fingerprint density at radius 3 is 2.65 bits per heavy atom. The second-order valence-electron chi connectivity index (χ2n) is 3.89. The molecule has 17 heavy (non-hydrogen) atoms. The van der Waals surface area contributed by atoms with Gasteiger partial charge in [-0.1, -0.05) is 42.3 Å². The smallest absolute Gasteiger partial charge is 0.320 e. The van der Waals surface area contributed by atoms with Gasteiger partial charge >= 0.3 is 5.97 Å². The van der Waals surface area contributed by atoms with E-state index in [9.17, 15) is 4.79 Å². The van der Waals surface area contributed by atoms with Crippen LogP contribution in [-0.2, 0) is 11.3 Å². The summed E-state index contributed by atoms with van der Waals surface area (Å²) in [6, 6.07) is 4.85. The van der Waals surface area contributed by atoms with Gasteiger partial charge in [0.1, 0.15) is 6.04 Å². The van der Waals surface area contributed by atoms with Crippen LogP contribution in [0.25, 0.3) is 0 Å². The fraction of sp³-hybridized carbons (Fsp3) is 0.417. The van der Waals surface area contributed by atoms with Crippen LogP contribution in [-0.4, -0.2) is 29.1 Å². The molecule has 0 amide bonds. The molecule has 5 heteroatoms. The molecule has 0 spiro atoms. The number of benzene rings is 1. The molecule has 0 aliphatic heterocycles. The summed E-state index contributed by atoms with van der Waals surface area (Å²) in [5.74, 6) is -0.826. The van der Waals surface area contributed by atoms with Crippen LogP contribution >= 0.6 is 23.2 Å². The van der Waals surface area contributed by atoms with Crippen molar-refractivity contribution in [1.29, 1.82) is 0 Å². The van der Waals surface area contributed by atoms with Gasteiger partial charge in [-0.2, -0.15) is 0 Å². The highest BCUT2D eigenvalue weighted by Gasteiger charge is 2.21. The molecule has 0 aliphatic rings. The van der Waals surface area contributed by atoms with E-state index in [0.717, 1.165) is 5.56 Å². The molecule has 1 unspecified atom stereocenters.